The monoisotopic (exact) mass is 383 g/mol. The predicted octanol–water partition coefficient (Wildman–Crippen LogP) is 2.12. The van der Waals surface area contributed by atoms with E-state index in [0.717, 1.165) is 61.7 Å². The van der Waals surface area contributed by atoms with Crippen molar-refractivity contribution in [3.05, 3.63) is 35.5 Å². The van der Waals surface area contributed by atoms with Crippen molar-refractivity contribution < 1.29 is 9.53 Å². The zero-order valence-electron chi connectivity index (χ0n) is 16.5. The summed E-state index contributed by atoms with van der Waals surface area (Å²) in [5, 5.41) is 10.3. The number of hydrogen-bond donors (Lipinski definition) is 2. The molecule has 1 saturated heterocycles. The number of nitrogens with one attached hydrogen (secondary N) is 2. The molecule has 0 spiro atoms. The minimum atomic E-state index is -0.107. The minimum Gasteiger partial charge on any atom is -0.488 e. The number of carbonyl (C=O) groups is 1. The van der Waals surface area contributed by atoms with E-state index in [-0.39, 0.29) is 5.91 Å². The first-order chi connectivity index (χ1) is 13.8. The summed E-state index contributed by atoms with van der Waals surface area (Å²) in [5.74, 6) is 0.706. The summed E-state index contributed by atoms with van der Waals surface area (Å²) in [6.07, 6.45) is 2.18. The molecule has 0 radical (unpaired) electrons. The summed E-state index contributed by atoms with van der Waals surface area (Å²) < 4.78 is 5.78. The quantitative estimate of drug-likeness (QED) is 0.717. The maximum atomic E-state index is 12.6. The molecule has 0 saturated carbocycles. The smallest absolute Gasteiger partial charge is 0.269 e. The van der Waals surface area contributed by atoms with Gasteiger partial charge in [0, 0.05) is 43.9 Å². The molecular formula is C21H29N5O2. The molecule has 0 atom stereocenters. The average molecular weight is 383 g/mol. The summed E-state index contributed by atoms with van der Waals surface area (Å²) in [4.78, 5) is 17.6. The Hall–Kier alpha value is -2.38. The molecule has 28 heavy (non-hydrogen) atoms. The number of rotatable bonds is 7. The number of hydrogen-bond acceptors (Lipinski definition) is 5. The van der Waals surface area contributed by atoms with Crippen LogP contribution in [-0.2, 0) is 6.61 Å². The fourth-order valence-electron chi connectivity index (χ4n) is 4.00. The fraction of sp³-hybridized carbons (Fsp3) is 0.524. The van der Waals surface area contributed by atoms with Crippen LogP contribution in [0.5, 0.6) is 5.75 Å². The van der Waals surface area contributed by atoms with Crippen LogP contribution in [0.25, 0.3) is 11.3 Å². The van der Waals surface area contributed by atoms with Crippen LogP contribution in [0.3, 0.4) is 0 Å². The van der Waals surface area contributed by atoms with E-state index < -0.39 is 0 Å². The molecule has 3 heterocycles. The summed E-state index contributed by atoms with van der Waals surface area (Å²) >= 11 is 0. The van der Waals surface area contributed by atoms with Crippen LogP contribution in [0.2, 0.25) is 0 Å². The largest absolute Gasteiger partial charge is 0.488 e. The van der Waals surface area contributed by atoms with Gasteiger partial charge in [-0.3, -0.25) is 9.89 Å². The third-order valence-electron chi connectivity index (χ3n) is 5.55. The number of carbonyl (C=O) groups excluding carboxylic acids is 1. The zero-order chi connectivity index (χ0) is 19.3. The van der Waals surface area contributed by atoms with E-state index in [4.69, 9.17) is 4.74 Å². The van der Waals surface area contributed by atoms with Crippen LogP contribution in [0.4, 0.5) is 0 Å². The van der Waals surface area contributed by atoms with Crippen molar-refractivity contribution in [1.82, 2.24) is 25.3 Å². The molecule has 1 aromatic carbocycles. The molecule has 0 aliphatic carbocycles. The molecule has 2 aromatic rings. The maximum absolute atomic E-state index is 12.6. The molecule has 7 heteroatoms. The lowest BCUT2D eigenvalue weighted by molar-refractivity contribution is 0.0940. The lowest BCUT2D eigenvalue weighted by Gasteiger charge is -2.34. The van der Waals surface area contributed by atoms with Crippen LogP contribution in [0, 0.1) is 0 Å². The van der Waals surface area contributed by atoms with Gasteiger partial charge in [0.05, 0.1) is 0 Å². The number of ether oxygens (including phenoxy) is 1. The first-order valence-electron chi connectivity index (χ1n) is 10.3. The number of fused-ring (bicyclic) bond motifs is 3. The van der Waals surface area contributed by atoms with Crippen molar-refractivity contribution >= 4 is 5.91 Å². The Labute approximate surface area is 166 Å². The van der Waals surface area contributed by atoms with Crippen molar-refractivity contribution in [3.63, 3.8) is 0 Å². The highest BCUT2D eigenvalue weighted by atomic mass is 16.5. The van der Waals surface area contributed by atoms with Crippen LogP contribution in [-0.4, -0.2) is 71.7 Å². The molecule has 7 nitrogen and oxygen atoms in total. The first kappa shape index (κ1) is 19.0. The van der Waals surface area contributed by atoms with Crippen LogP contribution >= 0.6 is 0 Å². The normalized spacial score (nSPS) is 16.9. The van der Waals surface area contributed by atoms with E-state index in [0.29, 0.717) is 18.8 Å². The van der Waals surface area contributed by atoms with Gasteiger partial charge in [-0.2, -0.15) is 5.10 Å². The summed E-state index contributed by atoms with van der Waals surface area (Å²) in [6, 6.07) is 7.78. The van der Waals surface area contributed by atoms with Crippen LogP contribution < -0.4 is 10.1 Å². The van der Waals surface area contributed by atoms with Gasteiger partial charge in [-0.1, -0.05) is 19.1 Å². The van der Waals surface area contributed by atoms with Gasteiger partial charge in [-0.15, -0.1) is 0 Å². The van der Waals surface area contributed by atoms with Gasteiger partial charge in [0.15, 0.2) is 0 Å². The SMILES string of the molecule is CCCN1CCN(CCCNC(=O)c2[nH]nc3c2COc2ccccc2-3)CC1. The number of benzene rings is 1. The maximum Gasteiger partial charge on any atom is 0.269 e. The van der Waals surface area contributed by atoms with Crippen molar-refractivity contribution in [2.75, 3.05) is 45.8 Å². The summed E-state index contributed by atoms with van der Waals surface area (Å²) in [5.41, 5.74) is 3.10. The van der Waals surface area contributed by atoms with Crippen molar-refractivity contribution in [1.29, 1.82) is 0 Å². The number of piperazine rings is 1. The molecule has 4 rings (SSSR count). The van der Waals surface area contributed by atoms with Crippen LogP contribution in [0.1, 0.15) is 35.8 Å². The number of aromatic amines is 1. The number of aromatic nitrogens is 2. The van der Waals surface area contributed by atoms with E-state index >= 15 is 0 Å². The number of H-pyrrole nitrogens is 1. The van der Waals surface area contributed by atoms with Crippen molar-refractivity contribution in [2.24, 2.45) is 0 Å². The van der Waals surface area contributed by atoms with E-state index in [2.05, 4.69) is 32.2 Å². The molecule has 2 aliphatic rings. The van der Waals surface area contributed by atoms with Crippen molar-refractivity contribution in [2.45, 2.75) is 26.4 Å². The molecule has 1 aromatic heterocycles. The van der Waals surface area contributed by atoms with Gasteiger partial charge in [0.1, 0.15) is 23.7 Å². The van der Waals surface area contributed by atoms with Crippen molar-refractivity contribution in [3.8, 4) is 17.0 Å². The second-order valence-electron chi connectivity index (χ2n) is 7.50. The number of amides is 1. The van der Waals surface area contributed by atoms with Crippen LogP contribution in [0.15, 0.2) is 24.3 Å². The highest BCUT2D eigenvalue weighted by Gasteiger charge is 2.26. The highest BCUT2D eigenvalue weighted by Crippen LogP contribution is 2.36. The lowest BCUT2D eigenvalue weighted by atomic mass is 10.0. The van der Waals surface area contributed by atoms with E-state index in [1.54, 1.807) is 0 Å². The molecule has 0 unspecified atom stereocenters. The molecular weight excluding hydrogens is 354 g/mol. The molecule has 1 fully saturated rings. The fourth-order valence-corrected chi connectivity index (χ4v) is 4.00. The Balaban J connectivity index is 1.25. The Bertz CT molecular complexity index is 811. The van der Waals surface area contributed by atoms with Gasteiger partial charge in [-0.25, -0.2) is 0 Å². The van der Waals surface area contributed by atoms with E-state index in [1.165, 1.54) is 13.0 Å². The Kier molecular flexibility index (Phi) is 5.92. The lowest BCUT2D eigenvalue weighted by Crippen LogP contribution is -2.47. The third-order valence-corrected chi connectivity index (χ3v) is 5.55. The second kappa shape index (κ2) is 8.75. The Morgan fingerprint density at radius 2 is 1.93 bits per heavy atom. The van der Waals surface area contributed by atoms with Gasteiger partial charge >= 0.3 is 0 Å². The molecule has 2 N–H and O–H groups in total. The summed E-state index contributed by atoms with van der Waals surface area (Å²) in [6.45, 7) is 10.1. The predicted molar refractivity (Wildman–Crippen MR) is 108 cm³/mol. The third kappa shape index (κ3) is 4.05. The topological polar surface area (TPSA) is 73.5 Å². The zero-order valence-corrected chi connectivity index (χ0v) is 16.5. The second-order valence-corrected chi connectivity index (χ2v) is 7.50. The number of nitrogens with zero attached hydrogens (tertiary/aromatic N) is 3. The van der Waals surface area contributed by atoms with E-state index in [9.17, 15) is 4.79 Å². The molecule has 0 bridgehead atoms. The average Bonchev–Trinajstić information content (AvgIpc) is 3.17. The standard InChI is InChI=1S/C21H29N5O2/c1-2-9-25-11-13-26(14-12-25)10-5-8-22-21(27)20-17-15-28-18-7-4-3-6-16(18)19(17)23-24-20/h3-4,6-7H,2,5,8-15H2,1H3,(H,22,27)(H,23,24). The first-order valence-corrected chi connectivity index (χ1v) is 10.3. The minimum absolute atomic E-state index is 0.107. The van der Waals surface area contributed by atoms with Gasteiger partial charge in [0.25, 0.3) is 5.91 Å². The summed E-state index contributed by atoms with van der Waals surface area (Å²) in [7, 11) is 0. The Morgan fingerprint density at radius 3 is 2.71 bits per heavy atom. The molecule has 150 valence electrons. The van der Waals surface area contributed by atoms with E-state index in [1.807, 2.05) is 24.3 Å². The van der Waals surface area contributed by atoms with Gasteiger partial charge in [0.2, 0.25) is 0 Å². The Morgan fingerprint density at radius 1 is 1.18 bits per heavy atom. The molecule has 1 amide bonds. The molecule has 2 aliphatic heterocycles. The van der Waals surface area contributed by atoms with Gasteiger partial charge in [-0.05, 0) is 38.1 Å². The van der Waals surface area contributed by atoms with Gasteiger partial charge < -0.3 is 19.9 Å². The number of para-hydroxylation sites is 1. The highest BCUT2D eigenvalue weighted by molar-refractivity contribution is 5.96.